The minimum atomic E-state index is 0.631. The number of fused-ring (bicyclic) bond motifs is 1. The zero-order valence-corrected chi connectivity index (χ0v) is 10.6. The average molecular weight is 244 g/mol. The van der Waals surface area contributed by atoms with E-state index in [0.29, 0.717) is 6.61 Å². The molecule has 1 aliphatic heterocycles. The number of hydrogen-bond donors (Lipinski definition) is 0. The van der Waals surface area contributed by atoms with Crippen LogP contribution in [0.25, 0.3) is 5.69 Å². The Balaban J connectivity index is 2.13. The van der Waals surface area contributed by atoms with E-state index in [1.165, 1.54) is 5.56 Å². The van der Waals surface area contributed by atoms with Crippen molar-refractivity contribution in [3.05, 3.63) is 41.2 Å². The third-order valence-corrected chi connectivity index (χ3v) is 3.41. The predicted molar refractivity (Wildman–Crippen MR) is 68.2 cm³/mol. The number of nitrogens with zero attached hydrogens (tertiary/aromatic N) is 2. The normalized spacial score (nSPS) is 14.3. The Bertz CT molecular complexity index is 575. The van der Waals surface area contributed by atoms with Crippen LogP contribution in [0, 0.1) is 6.92 Å². The smallest absolute Gasteiger partial charge is 0.123 e. The van der Waals surface area contributed by atoms with Crippen molar-refractivity contribution in [2.75, 3.05) is 13.7 Å². The fraction of sp³-hybridized carbons (Fsp3) is 0.357. The van der Waals surface area contributed by atoms with Crippen LogP contribution in [-0.2, 0) is 17.8 Å². The minimum Gasteiger partial charge on any atom is -0.496 e. The van der Waals surface area contributed by atoms with E-state index in [-0.39, 0.29) is 0 Å². The summed E-state index contributed by atoms with van der Waals surface area (Å²) in [5.41, 5.74) is 4.58. The van der Waals surface area contributed by atoms with Crippen molar-refractivity contribution in [1.29, 1.82) is 0 Å². The molecule has 94 valence electrons. The van der Waals surface area contributed by atoms with Gasteiger partial charge in [-0.3, -0.25) is 0 Å². The molecule has 4 heteroatoms. The van der Waals surface area contributed by atoms with Crippen molar-refractivity contribution in [1.82, 2.24) is 9.78 Å². The van der Waals surface area contributed by atoms with Gasteiger partial charge in [0.1, 0.15) is 5.75 Å². The van der Waals surface area contributed by atoms with Crippen LogP contribution in [0.4, 0.5) is 0 Å². The quantitative estimate of drug-likeness (QED) is 0.813. The maximum Gasteiger partial charge on any atom is 0.123 e. The zero-order chi connectivity index (χ0) is 12.5. The lowest BCUT2D eigenvalue weighted by Gasteiger charge is -2.16. The van der Waals surface area contributed by atoms with Gasteiger partial charge in [-0.2, -0.15) is 5.10 Å². The van der Waals surface area contributed by atoms with E-state index >= 15 is 0 Å². The van der Waals surface area contributed by atoms with E-state index in [1.54, 1.807) is 7.11 Å². The topological polar surface area (TPSA) is 36.3 Å². The molecule has 0 fully saturated rings. The second-order valence-electron chi connectivity index (χ2n) is 4.44. The van der Waals surface area contributed by atoms with Crippen LogP contribution in [-0.4, -0.2) is 23.5 Å². The third kappa shape index (κ3) is 1.69. The van der Waals surface area contributed by atoms with E-state index in [2.05, 4.69) is 11.2 Å². The standard InChI is InChI=1S/C14H16N2O2/c1-10-12(4-3-5-14(10)17-2)16-13-9-18-7-6-11(13)8-15-16/h3-5,8H,6-7,9H2,1-2H3. The lowest BCUT2D eigenvalue weighted by Crippen LogP contribution is -2.13. The van der Waals surface area contributed by atoms with Crippen LogP contribution in [0.15, 0.2) is 24.4 Å². The van der Waals surface area contributed by atoms with Crippen molar-refractivity contribution >= 4 is 0 Å². The summed E-state index contributed by atoms with van der Waals surface area (Å²) >= 11 is 0. The van der Waals surface area contributed by atoms with E-state index in [9.17, 15) is 0 Å². The van der Waals surface area contributed by atoms with Gasteiger partial charge in [0.25, 0.3) is 0 Å². The van der Waals surface area contributed by atoms with Gasteiger partial charge < -0.3 is 9.47 Å². The molecule has 1 aromatic heterocycles. The average Bonchev–Trinajstić information content (AvgIpc) is 2.83. The molecule has 18 heavy (non-hydrogen) atoms. The maximum absolute atomic E-state index is 5.52. The molecule has 0 aliphatic carbocycles. The highest BCUT2D eigenvalue weighted by Crippen LogP contribution is 2.27. The van der Waals surface area contributed by atoms with Gasteiger partial charge in [-0.1, -0.05) is 6.07 Å². The third-order valence-electron chi connectivity index (χ3n) is 3.41. The molecular formula is C14H16N2O2. The number of aromatic nitrogens is 2. The van der Waals surface area contributed by atoms with Gasteiger partial charge >= 0.3 is 0 Å². The number of ether oxygens (including phenoxy) is 2. The lowest BCUT2D eigenvalue weighted by atomic mass is 10.1. The summed E-state index contributed by atoms with van der Waals surface area (Å²) in [5, 5.41) is 4.49. The van der Waals surface area contributed by atoms with Crippen molar-refractivity contribution in [3.8, 4) is 11.4 Å². The Labute approximate surface area is 106 Å². The second-order valence-corrected chi connectivity index (χ2v) is 4.44. The van der Waals surface area contributed by atoms with E-state index in [1.807, 2.05) is 29.9 Å². The van der Waals surface area contributed by atoms with Crippen LogP contribution in [0.2, 0.25) is 0 Å². The molecule has 0 spiro atoms. The summed E-state index contributed by atoms with van der Waals surface area (Å²) in [7, 11) is 1.69. The minimum absolute atomic E-state index is 0.631. The van der Waals surface area contributed by atoms with Gasteiger partial charge in [-0.05, 0) is 31.0 Å². The molecule has 0 saturated carbocycles. The van der Waals surface area contributed by atoms with Crippen LogP contribution in [0.5, 0.6) is 5.75 Å². The molecule has 1 aromatic carbocycles. The Morgan fingerprint density at radius 2 is 2.28 bits per heavy atom. The first-order chi connectivity index (χ1) is 8.81. The molecule has 0 unspecified atom stereocenters. The fourth-order valence-corrected chi connectivity index (χ4v) is 2.38. The molecule has 0 radical (unpaired) electrons. The molecule has 0 bridgehead atoms. The highest BCUT2D eigenvalue weighted by atomic mass is 16.5. The first-order valence-electron chi connectivity index (χ1n) is 6.08. The monoisotopic (exact) mass is 244 g/mol. The van der Waals surface area contributed by atoms with E-state index < -0.39 is 0 Å². The van der Waals surface area contributed by atoms with Gasteiger partial charge in [0, 0.05) is 5.56 Å². The van der Waals surface area contributed by atoms with Crippen molar-refractivity contribution in [2.24, 2.45) is 0 Å². The highest BCUT2D eigenvalue weighted by molar-refractivity contribution is 5.49. The molecule has 4 nitrogen and oxygen atoms in total. The van der Waals surface area contributed by atoms with Crippen LogP contribution in [0.3, 0.4) is 0 Å². The summed E-state index contributed by atoms with van der Waals surface area (Å²) in [5.74, 6) is 0.883. The number of rotatable bonds is 2. The second kappa shape index (κ2) is 4.46. The number of benzene rings is 1. The van der Waals surface area contributed by atoms with Crippen molar-refractivity contribution < 1.29 is 9.47 Å². The van der Waals surface area contributed by atoms with Crippen molar-refractivity contribution in [2.45, 2.75) is 20.0 Å². The van der Waals surface area contributed by atoms with E-state index in [0.717, 1.165) is 35.7 Å². The molecule has 1 aliphatic rings. The summed E-state index contributed by atoms with van der Waals surface area (Å²) in [4.78, 5) is 0. The van der Waals surface area contributed by atoms with Gasteiger partial charge in [0.15, 0.2) is 0 Å². The number of hydrogen-bond acceptors (Lipinski definition) is 3. The molecule has 0 amide bonds. The molecule has 3 rings (SSSR count). The Morgan fingerprint density at radius 1 is 1.39 bits per heavy atom. The zero-order valence-electron chi connectivity index (χ0n) is 10.6. The maximum atomic E-state index is 5.52. The SMILES string of the molecule is COc1cccc(-n2ncc3c2COCC3)c1C. The Morgan fingerprint density at radius 3 is 3.11 bits per heavy atom. The molecule has 0 atom stereocenters. The van der Waals surface area contributed by atoms with E-state index in [4.69, 9.17) is 9.47 Å². The first kappa shape index (κ1) is 11.3. The van der Waals surface area contributed by atoms with Gasteiger partial charge in [-0.25, -0.2) is 4.68 Å². The highest BCUT2D eigenvalue weighted by Gasteiger charge is 2.18. The summed E-state index contributed by atoms with van der Waals surface area (Å²) in [6, 6.07) is 6.00. The van der Waals surface area contributed by atoms with Gasteiger partial charge in [0.05, 0.1) is 37.9 Å². The van der Waals surface area contributed by atoms with Crippen LogP contribution < -0.4 is 4.74 Å². The largest absolute Gasteiger partial charge is 0.496 e. The molecule has 2 heterocycles. The summed E-state index contributed by atoms with van der Waals surface area (Å²) in [6.07, 6.45) is 2.88. The first-order valence-corrected chi connectivity index (χ1v) is 6.08. The van der Waals surface area contributed by atoms with Crippen LogP contribution in [0.1, 0.15) is 16.8 Å². The Hall–Kier alpha value is -1.81. The molecule has 2 aromatic rings. The lowest BCUT2D eigenvalue weighted by molar-refractivity contribution is 0.106. The Kier molecular flexibility index (Phi) is 2.80. The predicted octanol–water partition coefficient (Wildman–Crippen LogP) is 2.26. The number of methoxy groups -OCH3 is 1. The van der Waals surface area contributed by atoms with Crippen molar-refractivity contribution in [3.63, 3.8) is 0 Å². The van der Waals surface area contributed by atoms with Gasteiger partial charge in [0.2, 0.25) is 0 Å². The van der Waals surface area contributed by atoms with Crippen LogP contribution >= 0.6 is 0 Å². The summed E-state index contributed by atoms with van der Waals surface area (Å²) in [6.45, 7) is 3.47. The van der Waals surface area contributed by atoms with Gasteiger partial charge in [-0.15, -0.1) is 0 Å². The molecule has 0 N–H and O–H groups in total. The molecule has 0 saturated heterocycles. The summed E-state index contributed by atoms with van der Waals surface area (Å²) < 4.78 is 12.8. The fourth-order valence-electron chi connectivity index (χ4n) is 2.38. The molecular weight excluding hydrogens is 228 g/mol.